The van der Waals surface area contributed by atoms with Gasteiger partial charge in [0.2, 0.25) is 7.28 Å². The normalized spacial score (nSPS) is 13.4. The zero-order chi connectivity index (χ0) is 23.5. The predicted octanol–water partition coefficient (Wildman–Crippen LogP) is 8.16. The third kappa shape index (κ3) is 5.16. The maximum atomic E-state index is 11.9. The summed E-state index contributed by atoms with van der Waals surface area (Å²) in [4.78, 5) is 11.6. The molecule has 0 saturated heterocycles. The van der Waals surface area contributed by atoms with Crippen LogP contribution in [-0.4, -0.2) is 10.1 Å². The molecule has 0 aliphatic heterocycles. The smallest absolute Gasteiger partial charge is 0.295 e. The molecule has 0 N–H and O–H groups in total. The van der Waals surface area contributed by atoms with Crippen LogP contribution in [0.1, 0.15) is 45.4 Å². The Labute approximate surface area is 197 Å². The van der Waals surface area contributed by atoms with Crippen LogP contribution in [0.25, 0.3) is 0 Å². The zero-order valence-corrected chi connectivity index (χ0v) is 21.4. The average Bonchev–Trinajstić information content (AvgIpc) is 3.14. The molecule has 0 aliphatic carbocycles. The first-order chi connectivity index (χ1) is 15.1. The minimum absolute atomic E-state index is 0.0225. The van der Waals surface area contributed by atoms with E-state index in [0.717, 1.165) is 28.6 Å². The van der Waals surface area contributed by atoms with Crippen molar-refractivity contribution in [1.82, 2.24) is 0 Å². The summed E-state index contributed by atoms with van der Waals surface area (Å²) in [7, 11) is -2.94. The van der Waals surface area contributed by atoms with Crippen LogP contribution in [0.15, 0.2) is 68.2 Å². The fourth-order valence-corrected chi connectivity index (χ4v) is 6.67. The molecule has 1 aromatic heterocycles. The molecular formula is C24H28BrN2O4P. The number of aryl methyl sites for hydroxylation is 2. The minimum Gasteiger partial charge on any atom is -0.457 e. The number of hydrogen-bond donors (Lipinski definition) is 0. The molecule has 32 heavy (non-hydrogen) atoms. The minimum atomic E-state index is -2.94. The number of benzene rings is 2. The monoisotopic (exact) mass is 518 g/mol. The highest BCUT2D eigenvalue weighted by atomic mass is 79.9. The highest BCUT2D eigenvalue weighted by molar-refractivity contribution is 9.10. The van der Waals surface area contributed by atoms with Crippen molar-refractivity contribution in [2.75, 3.05) is 0 Å². The maximum absolute atomic E-state index is 11.9. The molecule has 0 bridgehead atoms. The topological polar surface area (TPSA) is 77.9 Å². The Balaban J connectivity index is 2.33. The number of hydrogen-bond acceptors (Lipinski definition) is 5. The Kier molecular flexibility index (Phi) is 7.31. The summed E-state index contributed by atoms with van der Waals surface area (Å²) >= 11 is 3.49. The molecule has 1 atom stereocenters. The largest absolute Gasteiger partial charge is 0.457 e. The molecular weight excluding hydrogens is 491 g/mol. The number of nitro groups is 1. The van der Waals surface area contributed by atoms with E-state index in [0.29, 0.717) is 16.9 Å². The van der Waals surface area contributed by atoms with Gasteiger partial charge < -0.3 is 8.94 Å². The maximum Gasteiger partial charge on any atom is 0.295 e. The standard InChI is InChI=1S/C24H28BrN2O4P/c1-6-8-18-12-13-21(22(15-18)27(28)29)26-32(24(3,4)5,23-14-11-17(2)30-23)31-20-10-7-9-19(25)16-20/h7,9-16H,6,8H2,1-5H3. The van der Waals surface area contributed by atoms with Gasteiger partial charge in [-0.25, -0.2) is 4.74 Å². The van der Waals surface area contributed by atoms with E-state index in [2.05, 4.69) is 15.9 Å². The van der Waals surface area contributed by atoms with Crippen molar-refractivity contribution in [3.05, 3.63) is 80.5 Å². The van der Waals surface area contributed by atoms with Crippen LogP contribution < -0.4 is 10.0 Å². The molecule has 0 spiro atoms. The second-order valence-corrected chi connectivity index (χ2v) is 12.8. The van der Waals surface area contributed by atoms with Crippen molar-refractivity contribution in [3.8, 4) is 5.75 Å². The van der Waals surface area contributed by atoms with Gasteiger partial charge in [0.05, 0.1) is 4.92 Å². The van der Waals surface area contributed by atoms with E-state index < -0.39 is 12.4 Å². The molecule has 0 amide bonds. The summed E-state index contributed by atoms with van der Waals surface area (Å²) in [6, 6.07) is 16.5. The average molecular weight is 519 g/mol. The van der Waals surface area contributed by atoms with Gasteiger partial charge in [0.25, 0.3) is 5.69 Å². The van der Waals surface area contributed by atoms with Gasteiger partial charge in [-0.2, -0.15) is 0 Å². The lowest BCUT2D eigenvalue weighted by molar-refractivity contribution is -0.384. The second-order valence-electron chi connectivity index (χ2n) is 8.61. The lowest BCUT2D eigenvalue weighted by atomic mass is 10.1. The van der Waals surface area contributed by atoms with Crippen molar-refractivity contribution in [2.24, 2.45) is 4.74 Å². The van der Waals surface area contributed by atoms with Crippen molar-refractivity contribution in [1.29, 1.82) is 0 Å². The number of halogens is 1. The first kappa shape index (κ1) is 24.3. The van der Waals surface area contributed by atoms with Gasteiger partial charge in [-0.05, 0) is 55.3 Å². The molecule has 6 nitrogen and oxygen atoms in total. The summed E-state index contributed by atoms with van der Waals surface area (Å²) < 4.78 is 18.6. The van der Waals surface area contributed by atoms with Gasteiger partial charge >= 0.3 is 0 Å². The van der Waals surface area contributed by atoms with Gasteiger partial charge in [0, 0.05) is 15.7 Å². The lowest BCUT2D eigenvalue weighted by Crippen LogP contribution is -2.26. The van der Waals surface area contributed by atoms with Crippen molar-refractivity contribution >= 4 is 40.1 Å². The van der Waals surface area contributed by atoms with E-state index in [4.69, 9.17) is 13.7 Å². The Morgan fingerprint density at radius 2 is 1.91 bits per heavy atom. The Hall–Kier alpha value is -2.37. The van der Waals surface area contributed by atoms with Gasteiger partial charge in [0.1, 0.15) is 17.2 Å². The predicted molar refractivity (Wildman–Crippen MR) is 134 cm³/mol. The summed E-state index contributed by atoms with van der Waals surface area (Å²) in [5.74, 6) is 1.35. The second kappa shape index (κ2) is 9.63. The number of nitro benzene ring substituents is 1. The van der Waals surface area contributed by atoms with Gasteiger partial charge in [-0.1, -0.05) is 62.2 Å². The third-order valence-corrected chi connectivity index (χ3v) is 9.11. The summed E-state index contributed by atoms with van der Waals surface area (Å²) in [5, 5.41) is 11.4. The Morgan fingerprint density at radius 3 is 2.47 bits per heavy atom. The SMILES string of the molecule is CCCc1ccc(N=P(Oc2cccc(Br)c2)(c2ccc(C)o2)C(C)(C)C)c([N+](=O)[O-])c1. The van der Waals surface area contributed by atoms with Crippen LogP contribution in [0, 0.1) is 17.0 Å². The van der Waals surface area contributed by atoms with Gasteiger partial charge in [-0.3, -0.25) is 10.1 Å². The molecule has 3 aromatic rings. The number of furan rings is 1. The van der Waals surface area contributed by atoms with E-state index in [1.165, 1.54) is 0 Å². The van der Waals surface area contributed by atoms with Gasteiger partial charge in [0.15, 0.2) is 5.50 Å². The quantitative estimate of drug-likeness (QED) is 0.179. The van der Waals surface area contributed by atoms with Crippen LogP contribution >= 0.6 is 23.2 Å². The summed E-state index contributed by atoms with van der Waals surface area (Å²) in [6.07, 6.45) is 1.68. The van der Waals surface area contributed by atoms with E-state index in [-0.39, 0.29) is 10.6 Å². The fraction of sp³-hybridized carbons (Fsp3) is 0.333. The molecule has 0 saturated carbocycles. The molecule has 3 rings (SSSR count). The van der Waals surface area contributed by atoms with Crippen molar-refractivity contribution in [3.63, 3.8) is 0 Å². The third-order valence-electron chi connectivity index (χ3n) is 4.99. The van der Waals surface area contributed by atoms with Crippen LogP contribution in [0.5, 0.6) is 5.75 Å². The van der Waals surface area contributed by atoms with Crippen molar-refractivity contribution < 1.29 is 13.9 Å². The summed E-state index contributed by atoms with van der Waals surface area (Å²) in [5.41, 5.74) is 1.78. The molecule has 1 unspecified atom stereocenters. The Morgan fingerprint density at radius 1 is 1.16 bits per heavy atom. The molecule has 0 fully saturated rings. The highest BCUT2D eigenvalue weighted by Crippen LogP contribution is 2.62. The van der Waals surface area contributed by atoms with Crippen LogP contribution in [-0.2, 0) is 6.42 Å². The van der Waals surface area contributed by atoms with E-state index in [1.807, 2.05) is 77.1 Å². The first-order valence-corrected chi connectivity index (χ1v) is 12.9. The van der Waals surface area contributed by atoms with E-state index in [1.54, 1.807) is 12.1 Å². The van der Waals surface area contributed by atoms with E-state index in [9.17, 15) is 10.1 Å². The molecule has 2 aromatic carbocycles. The van der Waals surface area contributed by atoms with Gasteiger partial charge in [-0.15, -0.1) is 0 Å². The van der Waals surface area contributed by atoms with Crippen molar-refractivity contribution in [2.45, 2.75) is 52.6 Å². The molecule has 170 valence electrons. The fourth-order valence-electron chi connectivity index (χ4n) is 3.39. The van der Waals surface area contributed by atoms with Crippen LogP contribution in [0.2, 0.25) is 0 Å². The van der Waals surface area contributed by atoms with Crippen LogP contribution in [0.4, 0.5) is 11.4 Å². The van der Waals surface area contributed by atoms with Crippen LogP contribution in [0.3, 0.4) is 0 Å². The molecule has 0 aliphatic rings. The zero-order valence-electron chi connectivity index (χ0n) is 19.0. The molecule has 1 heterocycles. The molecule has 0 radical (unpaired) electrons. The van der Waals surface area contributed by atoms with E-state index >= 15 is 0 Å². The highest BCUT2D eigenvalue weighted by Gasteiger charge is 2.42. The number of rotatable bonds is 7. The number of nitrogens with zero attached hydrogens (tertiary/aromatic N) is 2. The first-order valence-electron chi connectivity index (χ1n) is 10.5. The summed E-state index contributed by atoms with van der Waals surface area (Å²) in [6.45, 7) is 9.99. The molecule has 8 heteroatoms. The lowest BCUT2D eigenvalue weighted by Gasteiger charge is -2.35. The Bertz CT molecular complexity index is 1180.